The molecule has 1 aromatic carbocycles. The van der Waals surface area contributed by atoms with Crippen molar-refractivity contribution >= 4 is 23.2 Å². The molecule has 3 nitrogen and oxygen atoms in total. The summed E-state index contributed by atoms with van der Waals surface area (Å²) in [6, 6.07) is 5.64. The van der Waals surface area contributed by atoms with E-state index in [1.807, 2.05) is 0 Å². The third kappa shape index (κ3) is 3.18. The van der Waals surface area contributed by atoms with Gasteiger partial charge in [0.15, 0.2) is 0 Å². The molecule has 1 amide bonds. The number of benzene rings is 1. The quantitative estimate of drug-likeness (QED) is 0.872. The second-order valence-corrected chi connectivity index (χ2v) is 7.09. The Morgan fingerprint density at radius 2 is 1.86 bits per heavy atom. The van der Waals surface area contributed by atoms with Crippen LogP contribution in [0.15, 0.2) is 18.2 Å². The average Bonchev–Trinajstić information content (AvgIpc) is 2.92. The molecule has 21 heavy (non-hydrogen) atoms. The van der Waals surface area contributed by atoms with Crippen LogP contribution in [-0.2, 0) is 0 Å². The highest BCUT2D eigenvalue weighted by Crippen LogP contribution is 2.49. The monoisotopic (exact) mass is 306 g/mol. The summed E-state index contributed by atoms with van der Waals surface area (Å²) in [5.74, 6) is -0.414. The Balaban J connectivity index is 1.65. The third-order valence-electron chi connectivity index (χ3n) is 5.32. The minimum Gasteiger partial charge on any atom is -0.381 e. The van der Waals surface area contributed by atoms with Gasteiger partial charge in [-0.1, -0.05) is 24.4 Å². The standard InChI is InChI=1S/C17H23ClN2O/c18-14-4-3-12(16(19)21)11-15(14)20-13-5-9-17(10-6-13)7-1-2-8-17/h3-4,11,13,20H,1-2,5-10H2,(H2,19,21). The molecule has 0 aliphatic heterocycles. The Morgan fingerprint density at radius 1 is 1.19 bits per heavy atom. The van der Waals surface area contributed by atoms with Crippen LogP contribution in [0.1, 0.15) is 61.7 Å². The highest BCUT2D eigenvalue weighted by Gasteiger charge is 2.37. The largest absolute Gasteiger partial charge is 0.381 e. The van der Waals surface area contributed by atoms with Gasteiger partial charge in [-0.2, -0.15) is 0 Å². The van der Waals surface area contributed by atoms with Crippen LogP contribution < -0.4 is 11.1 Å². The lowest BCUT2D eigenvalue weighted by Crippen LogP contribution is -2.31. The van der Waals surface area contributed by atoms with Crippen molar-refractivity contribution in [2.24, 2.45) is 11.1 Å². The van der Waals surface area contributed by atoms with Crippen LogP contribution in [-0.4, -0.2) is 11.9 Å². The van der Waals surface area contributed by atoms with E-state index < -0.39 is 5.91 Å². The van der Waals surface area contributed by atoms with Gasteiger partial charge < -0.3 is 11.1 Å². The van der Waals surface area contributed by atoms with Crippen LogP contribution in [0.2, 0.25) is 5.02 Å². The number of hydrogen-bond acceptors (Lipinski definition) is 2. The average molecular weight is 307 g/mol. The maximum atomic E-state index is 11.3. The molecule has 2 saturated carbocycles. The summed E-state index contributed by atoms with van der Waals surface area (Å²) in [4.78, 5) is 11.3. The summed E-state index contributed by atoms with van der Waals surface area (Å²) in [5, 5.41) is 4.16. The SMILES string of the molecule is NC(=O)c1ccc(Cl)c(NC2CCC3(CCCC3)CC2)c1. The number of hydrogen-bond donors (Lipinski definition) is 2. The van der Waals surface area contributed by atoms with Gasteiger partial charge in [0.05, 0.1) is 10.7 Å². The molecule has 2 fully saturated rings. The van der Waals surface area contributed by atoms with Gasteiger partial charge in [-0.15, -0.1) is 0 Å². The fourth-order valence-corrected chi connectivity index (χ4v) is 4.18. The second kappa shape index (κ2) is 5.88. The maximum absolute atomic E-state index is 11.3. The van der Waals surface area contributed by atoms with E-state index >= 15 is 0 Å². The predicted molar refractivity (Wildman–Crippen MR) is 86.7 cm³/mol. The summed E-state index contributed by atoms with van der Waals surface area (Å²) in [7, 11) is 0. The number of carbonyl (C=O) groups is 1. The number of nitrogens with two attached hydrogens (primary N) is 1. The first-order valence-electron chi connectivity index (χ1n) is 7.94. The van der Waals surface area contributed by atoms with Crippen LogP contribution in [0.3, 0.4) is 0 Å². The van der Waals surface area contributed by atoms with Gasteiger partial charge in [0.25, 0.3) is 0 Å². The molecule has 114 valence electrons. The van der Waals surface area contributed by atoms with E-state index in [9.17, 15) is 4.79 Å². The molecule has 0 heterocycles. The summed E-state index contributed by atoms with van der Waals surface area (Å²) < 4.78 is 0. The Hall–Kier alpha value is -1.22. The minimum atomic E-state index is -0.414. The second-order valence-electron chi connectivity index (χ2n) is 6.68. The zero-order valence-electron chi connectivity index (χ0n) is 12.3. The number of primary amides is 1. The van der Waals surface area contributed by atoms with Crippen LogP contribution in [0, 0.1) is 5.41 Å². The molecule has 4 heteroatoms. The van der Waals surface area contributed by atoms with E-state index in [0.29, 0.717) is 22.0 Å². The Kier molecular flexibility index (Phi) is 4.12. The third-order valence-corrected chi connectivity index (χ3v) is 5.65. The fourth-order valence-electron chi connectivity index (χ4n) is 4.01. The van der Waals surface area contributed by atoms with E-state index in [2.05, 4.69) is 5.32 Å². The first kappa shape index (κ1) is 14.7. The smallest absolute Gasteiger partial charge is 0.248 e. The maximum Gasteiger partial charge on any atom is 0.248 e. The molecule has 0 saturated heterocycles. The highest BCUT2D eigenvalue weighted by molar-refractivity contribution is 6.33. The van der Waals surface area contributed by atoms with Crippen molar-refractivity contribution in [3.63, 3.8) is 0 Å². The van der Waals surface area contributed by atoms with Crippen molar-refractivity contribution in [3.8, 4) is 0 Å². The predicted octanol–water partition coefficient (Wildman–Crippen LogP) is 4.35. The topological polar surface area (TPSA) is 55.1 Å². The zero-order valence-corrected chi connectivity index (χ0v) is 13.1. The van der Waals surface area contributed by atoms with Crippen LogP contribution in [0.4, 0.5) is 5.69 Å². The van der Waals surface area contributed by atoms with E-state index in [4.69, 9.17) is 17.3 Å². The number of rotatable bonds is 3. The molecule has 1 spiro atoms. The summed E-state index contributed by atoms with van der Waals surface area (Å²) in [6.45, 7) is 0. The molecule has 3 N–H and O–H groups in total. The van der Waals surface area contributed by atoms with Gasteiger partial charge in [-0.3, -0.25) is 4.79 Å². The van der Waals surface area contributed by atoms with Crippen LogP contribution in [0.5, 0.6) is 0 Å². The van der Waals surface area contributed by atoms with Gasteiger partial charge in [0.1, 0.15) is 0 Å². The molecule has 0 radical (unpaired) electrons. The fraction of sp³-hybridized carbons (Fsp3) is 0.588. The highest BCUT2D eigenvalue weighted by atomic mass is 35.5. The van der Waals surface area contributed by atoms with E-state index in [1.165, 1.54) is 51.4 Å². The van der Waals surface area contributed by atoms with Gasteiger partial charge in [-0.25, -0.2) is 0 Å². The van der Waals surface area contributed by atoms with E-state index in [-0.39, 0.29) is 0 Å². The molecular formula is C17H23ClN2O. The van der Waals surface area contributed by atoms with Crippen molar-refractivity contribution in [2.45, 2.75) is 57.4 Å². The van der Waals surface area contributed by atoms with E-state index in [0.717, 1.165) is 5.69 Å². The number of amides is 1. The molecular weight excluding hydrogens is 284 g/mol. The molecule has 2 aliphatic rings. The lowest BCUT2D eigenvalue weighted by atomic mass is 9.71. The van der Waals surface area contributed by atoms with Crippen molar-refractivity contribution in [3.05, 3.63) is 28.8 Å². The molecule has 0 bridgehead atoms. The lowest BCUT2D eigenvalue weighted by molar-refractivity contribution is 0.100. The Bertz CT molecular complexity index is 528. The number of nitrogens with one attached hydrogen (secondary N) is 1. The zero-order chi connectivity index (χ0) is 14.9. The molecule has 1 aromatic rings. The summed E-state index contributed by atoms with van der Waals surface area (Å²) in [6.07, 6.45) is 10.7. The van der Waals surface area contributed by atoms with Gasteiger partial charge in [-0.05, 0) is 62.1 Å². The Morgan fingerprint density at radius 3 is 2.48 bits per heavy atom. The number of carbonyl (C=O) groups excluding carboxylic acids is 1. The lowest BCUT2D eigenvalue weighted by Gasteiger charge is -2.38. The van der Waals surface area contributed by atoms with Crippen molar-refractivity contribution in [1.82, 2.24) is 0 Å². The van der Waals surface area contributed by atoms with Crippen molar-refractivity contribution in [1.29, 1.82) is 0 Å². The van der Waals surface area contributed by atoms with Gasteiger partial charge >= 0.3 is 0 Å². The first-order valence-corrected chi connectivity index (χ1v) is 8.32. The molecule has 0 aromatic heterocycles. The summed E-state index contributed by atoms with van der Waals surface area (Å²) >= 11 is 6.23. The summed E-state index contributed by atoms with van der Waals surface area (Å²) in [5.41, 5.74) is 7.31. The van der Waals surface area contributed by atoms with Crippen molar-refractivity contribution < 1.29 is 4.79 Å². The van der Waals surface area contributed by atoms with Gasteiger partial charge in [0, 0.05) is 11.6 Å². The first-order chi connectivity index (χ1) is 10.1. The minimum absolute atomic E-state index is 0.414. The molecule has 2 aliphatic carbocycles. The molecule has 3 rings (SSSR count). The Labute approximate surface area is 131 Å². The van der Waals surface area contributed by atoms with Crippen LogP contribution in [0.25, 0.3) is 0 Å². The van der Waals surface area contributed by atoms with Crippen molar-refractivity contribution in [2.75, 3.05) is 5.32 Å². The van der Waals surface area contributed by atoms with E-state index in [1.54, 1.807) is 18.2 Å². The number of halogens is 1. The molecule has 0 unspecified atom stereocenters. The van der Waals surface area contributed by atoms with Crippen LogP contribution >= 0.6 is 11.6 Å². The molecule has 0 atom stereocenters. The van der Waals surface area contributed by atoms with Gasteiger partial charge in [0.2, 0.25) is 5.91 Å². The number of anilines is 1. The normalized spacial score (nSPS) is 21.6.